The SMILES string of the molecule is O=C(CBr)C1=COC=C(C2=CC=CCC2)O1. The Bertz CT molecular complexity index is 416. The van der Waals surface area contributed by atoms with Crippen LogP contribution in [0.2, 0.25) is 0 Å². The van der Waals surface area contributed by atoms with E-state index in [9.17, 15) is 4.79 Å². The van der Waals surface area contributed by atoms with Crippen molar-refractivity contribution in [3.63, 3.8) is 0 Å². The van der Waals surface area contributed by atoms with E-state index in [1.54, 1.807) is 0 Å². The van der Waals surface area contributed by atoms with Gasteiger partial charge in [-0.2, -0.15) is 0 Å². The summed E-state index contributed by atoms with van der Waals surface area (Å²) in [6.07, 6.45) is 10.8. The van der Waals surface area contributed by atoms with Crippen LogP contribution in [0.5, 0.6) is 0 Å². The molecule has 0 unspecified atom stereocenters. The highest BCUT2D eigenvalue weighted by molar-refractivity contribution is 9.09. The van der Waals surface area contributed by atoms with Crippen molar-refractivity contribution in [2.24, 2.45) is 0 Å². The largest absolute Gasteiger partial charge is 0.465 e. The number of hydrogen-bond donors (Lipinski definition) is 0. The number of rotatable bonds is 3. The van der Waals surface area contributed by atoms with Gasteiger partial charge in [-0.05, 0) is 18.4 Å². The number of Topliss-reactive ketones (excluding diaryl/α,β-unsaturated/α-hetero) is 1. The van der Waals surface area contributed by atoms with Crippen molar-refractivity contribution in [1.29, 1.82) is 0 Å². The fourth-order valence-electron chi connectivity index (χ4n) is 1.46. The molecule has 2 rings (SSSR count). The first-order valence-corrected chi connectivity index (χ1v) is 6.12. The number of ketones is 1. The Balaban J connectivity index is 2.09. The summed E-state index contributed by atoms with van der Waals surface area (Å²) in [5.41, 5.74) is 1.05. The first-order chi connectivity index (χ1) is 7.81. The highest BCUT2D eigenvalue weighted by Crippen LogP contribution is 2.26. The Morgan fingerprint density at radius 1 is 1.44 bits per heavy atom. The lowest BCUT2D eigenvalue weighted by atomic mass is 10.0. The molecule has 0 saturated carbocycles. The van der Waals surface area contributed by atoms with Gasteiger partial charge in [-0.25, -0.2) is 0 Å². The summed E-state index contributed by atoms with van der Waals surface area (Å²) in [5, 5.41) is 0.231. The molecule has 0 aromatic heterocycles. The van der Waals surface area contributed by atoms with Crippen LogP contribution in [0, 0.1) is 0 Å². The lowest BCUT2D eigenvalue weighted by molar-refractivity contribution is -0.116. The van der Waals surface area contributed by atoms with Crippen molar-refractivity contribution in [3.8, 4) is 0 Å². The van der Waals surface area contributed by atoms with Crippen molar-refractivity contribution in [1.82, 2.24) is 0 Å². The molecule has 0 N–H and O–H groups in total. The predicted molar refractivity (Wildman–Crippen MR) is 63.6 cm³/mol. The fraction of sp³-hybridized carbons (Fsp3) is 0.250. The van der Waals surface area contributed by atoms with E-state index in [0.29, 0.717) is 5.76 Å². The summed E-state index contributed by atoms with van der Waals surface area (Å²) < 4.78 is 10.6. The van der Waals surface area contributed by atoms with Crippen molar-refractivity contribution in [2.45, 2.75) is 12.8 Å². The zero-order valence-electron chi connectivity index (χ0n) is 8.61. The third-order valence-corrected chi connectivity index (χ3v) is 2.81. The summed E-state index contributed by atoms with van der Waals surface area (Å²) >= 11 is 3.10. The lowest BCUT2D eigenvalue weighted by Crippen LogP contribution is -2.12. The minimum Gasteiger partial charge on any atom is -0.465 e. The molecule has 0 atom stereocenters. The smallest absolute Gasteiger partial charge is 0.211 e. The van der Waals surface area contributed by atoms with E-state index in [4.69, 9.17) is 9.47 Å². The molecule has 0 aromatic rings. The summed E-state index contributed by atoms with van der Waals surface area (Å²) in [4.78, 5) is 11.4. The van der Waals surface area contributed by atoms with Crippen molar-refractivity contribution >= 4 is 21.7 Å². The molecule has 1 aliphatic heterocycles. The summed E-state index contributed by atoms with van der Waals surface area (Å²) in [5.74, 6) is 0.735. The molecule has 2 aliphatic rings. The molecule has 4 heteroatoms. The second-order valence-corrected chi connectivity index (χ2v) is 3.98. The number of halogens is 1. The summed E-state index contributed by atoms with van der Waals surface area (Å²) in [6, 6.07) is 0. The van der Waals surface area contributed by atoms with E-state index in [-0.39, 0.29) is 16.9 Å². The Kier molecular flexibility index (Phi) is 3.62. The quantitative estimate of drug-likeness (QED) is 0.747. The summed E-state index contributed by atoms with van der Waals surface area (Å²) in [6.45, 7) is 0. The number of allylic oxidation sites excluding steroid dienone is 5. The van der Waals surface area contributed by atoms with Gasteiger partial charge in [0.15, 0.2) is 5.76 Å². The van der Waals surface area contributed by atoms with E-state index >= 15 is 0 Å². The van der Waals surface area contributed by atoms with Gasteiger partial charge in [-0.1, -0.05) is 34.2 Å². The summed E-state index contributed by atoms with van der Waals surface area (Å²) in [7, 11) is 0. The van der Waals surface area contributed by atoms with E-state index < -0.39 is 0 Å². The molecule has 84 valence electrons. The topological polar surface area (TPSA) is 35.5 Å². The van der Waals surface area contributed by atoms with Crippen LogP contribution in [-0.2, 0) is 14.3 Å². The third kappa shape index (κ3) is 2.44. The Morgan fingerprint density at radius 3 is 3.00 bits per heavy atom. The molecule has 1 heterocycles. The Hall–Kier alpha value is -1.29. The van der Waals surface area contributed by atoms with Crippen LogP contribution in [0.3, 0.4) is 0 Å². The number of carbonyl (C=O) groups excluding carboxylic acids is 1. The number of alkyl halides is 1. The standard InChI is InChI=1S/C12H11BrO3/c13-6-10(14)12-8-15-7-11(16-12)9-4-2-1-3-5-9/h1-2,4,7-8H,3,5-6H2. The average Bonchev–Trinajstić information content (AvgIpc) is 2.39. The molecule has 0 saturated heterocycles. The third-order valence-electron chi connectivity index (χ3n) is 2.30. The van der Waals surface area contributed by atoms with E-state index in [2.05, 4.69) is 22.0 Å². The fourth-order valence-corrected chi connectivity index (χ4v) is 1.74. The molecular weight excluding hydrogens is 272 g/mol. The van der Waals surface area contributed by atoms with Crippen LogP contribution >= 0.6 is 15.9 Å². The van der Waals surface area contributed by atoms with E-state index in [1.807, 2.05) is 12.2 Å². The molecule has 0 fully saturated rings. The van der Waals surface area contributed by atoms with E-state index in [1.165, 1.54) is 12.5 Å². The molecule has 16 heavy (non-hydrogen) atoms. The van der Waals surface area contributed by atoms with Crippen LogP contribution in [0.1, 0.15) is 12.8 Å². The molecule has 1 aliphatic carbocycles. The van der Waals surface area contributed by atoms with Gasteiger partial charge in [0.05, 0.1) is 5.33 Å². The molecule has 0 amide bonds. The normalized spacial score (nSPS) is 18.9. The first-order valence-electron chi connectivity index (χ1n) is 5.00. The second kappa shape index (κ2) is 5.16. The molecule has 0 bridgehead atoms. The predicted octanol–water partition coefficient (Wildman–Crippen LogP) is 2.96. The maximum absolute atomic E-state index is 11.4. The molecule has 0 radical (unpaired) electrons. The molecule has 3 nitrogen and oxygen atoms in total. The molecule has 0 aromatic carbocycles. The van der Waals surface area contributed by atoms with Gasteiger partial charge >= 0.3 is 0 Å². The van der Waals surface area contributed by atoms with Crippen LogP contribution in [0.4, 0.5) is 0 Å². The minimum absolute atomic E-state index is 0.127. The molecule has 0 spiro atoms. The number of ether oxygens (including phenoxy) is 2. The van der Waals surface area contributed by atoms with Crippen molar-refractivity contribution in [3.05, 3.63) is 47.8 Å². The van der Waals surface area contributed by atoms with Gasteiger partial charge in [-0.15, -0.1) is 0 Å². The average molecular weight is 283 g/mol. The van der Waals surface area contributed by atoms with Gasteiger partial charge in [-0.3, -0.25) is 4.79 Å². The van der Waals surface area contributed by atoms with Crippen LogP contribution < -0.4 is 0 Å². The van der Waals surface area contributed by atoms with Gasteiger partial charge < -0.3 is 9.47 Å². The van der Waals surface area contributed by atoms with Gasteiger partial charge in [0.1, 0.15) is 12.5 Å². The highest BCUT2D eigenvalue weighted by Gasteiger charge is 2.19. The Labute approximate surface area is 102 Å². The van der Waals surface area contributed by atoms with Crippen molar-refractivity contribution in [2.75, 3.05) is 5.33 Å². The lowest BCUT2D eigenvalue weighted by Gasteiger charge is -2.18. The second-order valence-electron chi connectivity index (χ2n) is 3.42. The maximum Gasteiger partial charge on any atom is 0.211 e. The van der Waals surface area contributed by atoms with Gasteiger partial charge in [0.25, 0.3) is 0 Å². The zero-order valence-corrected chi connectivity index (χ0v) is 10.2. The van der Waals surface area contributed by atoms with Crippen LogP contribution in [0.25, 0.3) is 0 Å². The highest BCUT2D eigenvalue weighted by atomic mass is 79.9. The van der Waals surface area contributed by atoms with Gasteiger partial charge in [0, 0.05) is 0 Å². The van der Waals surface area contributed by atoms with E-state index in [0.717, 1.165) is 18.4 Å². The number of carbonyl (C=O) groups is 1. The van der Waals surface area contributed by atoms with Crippen molar-refractivity contribution < 1.29 is 14.3 Å². The van der Waals surface area contributed by atoms with Crippen LogP contribution in [-0.4, -0.2) is 11.1 Å². The van der Waals surface area contributed by atoms with Crippen LogP contribution in [0.15, 0.2) is 47.8 Å². The first kappa shape index (κ1) is 11.2. The maximum atomic E-state index is 11.4. The Morgan fingerprint density at radius 2 is 2.31 bits per heavy atom. The zero-order chi connectivity index (χ0) is 11.4. The minimum atomic E-state index is -0.127. The van der Waals surface area contributed by atoms with Gasteiger partial charge in [0.2, 0.25) is 11.5 Å². The monoisotopic (exact) mass is 282 g/mol. The number of hydrogen-bond acceptors (Lipinski definition) is 3. The molecular formula is C12H11BrO3.